The molecule has 4 rings (SSSR count). The minimum atomic E-state index is -0.335. The Bertz CT molecular complexity index is 690. The van der Waals surface area contributed by atoms with Crippen LogP contribution in [-0.4, -0.2) is 55.7 Å². The number of nitrogens with one attached hydrogen (secondary N) is 1. The number of piperidine rings is 1. The maximum atomic E-state index is 12.4. The molecule has 26 heavy (non-hydrogen) atoms. The van der Waals surface area contributed by atoms with Crippen LogP contribution in [0.15, 0.2) is 6.07 Å². The van der Waals surface area contributed by atoms with E-state index in [0.29, 0.717) is 32.3 Å². The van der Waals surface area contributed by atoms with E-state index in [1.807, 2.05) is 11.8 Å². The highest BCUT2D eigenvalue weighted by atomic mass is 32.1. The number of likely N-dealkylation sites (tertiary alicyclic amines) is 1. The first kappa shape index (κ1) is 17.9. The minimum absolute atomic E-state index is 0.0476. The van der Waals surface area contributed by atoms with Gasteiger partial charge in [-0.1, -0.05) is 0 Å². The molecule has 2 aliphatic heterocycles. The summed E-state index contributed by atoms with van der Waals surface area (Å²) in [6.45, 7) is 4.63. The van der Waals surface area contributed by atoms with Crippen molar-refractivity contribution in [2.24, 2.45) is 0 Å². The van der Waals surface area contributed by atoms with Crippen LogP contribution >= 0.6 is 11.3 Å². The first-order chi connectivity index (χ1) is 12.6. The van der Waals surface area contributed by atoms with Crippen LogP contribution in [0.3, 0.4) is 0 Å². The Morgan fingerprint density at radius 1 is 1.38 bits per heavy atom. The van der Waals surface area contributed by atoms with Gasteiger partial charge in [-0.2, -0.15) is 0 Å². The zero-order valence-corrected chi connectivity index (χ0v) is 16.0. The van der Waals surface area contributed by atoms with Crippen LogP contribution in [0.1, 0.15) is 52.7 Å². The van der Waals surface area contributed by atoms with Crippen LogP contribution < -0.4 is 5.32 Å². The summed E-state index contributed by atoms with van der Waals surface area (Å²) in [6.07, 6.45) is 4.60. The predicted molar refractivity (Wildman–Crippen MR) is 98.4 cm³/mol. The quantitative estimate of drug-likeness (QED) is 0.852. The van der Waals surface area contributed by atoms with Gasteiger partial charge >= 0.3 is 0 Å². The number of hydrogen-bond donors (Lipinski definition) is 1. The van der Waals surface area contributed by atoms with Crippen LogP contribution in [-0.2, 0) is 26.3 Å². The van der Waals surface area contributed by atoms with E-state index in [4.69, 9.17) is 9.47 Å². The Morgan fingerprint density at radius 2 is 2.15 bits per heavy atom. The van der Waals surface area contributed by atoms with Crippen LogP contribution in [0.2, 0.25) is 0 Å². The number of carbonyl (C=O) groups excluding carboxylic acids is 2. The maximum Gasteiger partial charge on any atom is 0.261 e. The van der Waals surface area contributed by atoms with E-state index in [0.717, 1.165) is 37.0 Å². The van der Waals surface area contributed by atoms with Gasteiger partial charge in [0.05, 0.1) is 11.5 Å². The highest BCUT2D eigenvalue weighted by Gasteiger charge is 2.43. The second-order valence-corrected chi connectivity index (χ2v) is 8.38. The topological polar surface area (TPSA) is 67.9 Å². The van der Waals surface area contributed by atoms with Crippen molar-refractivity contribution in [2.45, 2.75) is 50.7 Å². The van der Waals surface area contributed by atoms with E-state index >= 15 is 0 Å². The lowest BCUT2D eigenvalue weighted by molar-refractivity contribution is -0.144. The molecule has 3 heterocycles. The van der Waals surface area contributed by atoms with Gasteiger partial charge < -0.3 is 19.7 Å². The number of carbonyl (C=O) groups is 2. The second kappa shape index (κ2) is 7.29. The van der Waals surface area contributed by atoms with Crippen molar-refractivity contribution in [3.8, 4) is 0 Å². The van der Waals surface area contributed by atoms with Crippen LogP contribution in [0.4, 0.5) is 0 Å². The van der Waals surface area contributed by atoms with E-state index in [1.165, 1.54) is 10.4 Å². The number of hydrogen-bond acceptors (Lipinski definition) is 5. The summed E-state index contributed by atoms with van der Waals surface area (Å²) >= 11 is 1.58. The molecule has 2 fully saturated rings. The molecule has 1 aliphatic carbocycles. The van der Waals surface area contributed by atoms with Crippen molar-refractivity contribution in [3.63, 3.8) is 0 Å². The maximum absolute atomic E-state index is 12.4. The molecule has 1 saturated heterocycles. The van der Waals surface area contributed by atoms with Gasteiger partial charge in [0.2, 0.25) is 5.91 Å². The number of ether oxygens (including phenoxy) is 2. The summed E-state index contributed by atoms with van der Waals surface area (Å²) in [5.74, 6) is 0.0970. The summed E-state index contributed by atoms with van der Waals surface area (Å²) in [5.41, 5.74) is 0.912. The molecule has 2 amide bonds. The Labute approximate surface area is 157 Å². The SMILES string of the molecule is CCOCC(=O)N1CCC2(CC1)OCCc1cc(C(=O)NC3CC3)sc12. The third kappa shape index (κ3) is 3.52. The third-order valence-corrected chi connectivity index (χ3v) is 6.82. The first-order valence-corrected chi connectivity index (χ1v) is 10.4. The Hall–Kier alpha value is -1.44. The van der Waals surface area contributed by atoms with E-state index in [-0.39, 0.29) is 24.0 Å². The monoisotopic (exact) mass is 378 g/mol. The lowest BCUT2D eigenvalue weighted by atomic mass is 9.85. The molecule has 0 radical (unpaired) electrons. The number of thiophene rings is 1. The molecule has 1 aromatic rings. The molecule has 6 nitrogen and oxygen atoms in total. The van der Waals surface area contributed by atoms with Crippen molar-refractivity contribution >= 4 is 23.2 Å². The van der Waals surface area contributed by atoms with Gasteiger partial charge in [0.15, 0.2) is 0 Å². The van der Waals surface area contributed by atoms with E-state index < -0.39 is 0 Å². The number of amides is 2. The van der Waals surface area contributed by atoms with Gasteiger partial charge in [-0.15, -0.1) is 11.3 Å². The van der Waals surface area contributed by atoms with Gasteiger partial charge in [-0.05, 0) is 50.7 Å². The Morgan fingerprint density at radius 3 is 2.85 bits per heavy atom. The molecular weight excluding hydrogens is 352 g/mol. The van der Waals surface area contributed by atoms with Crippen LogP contribution in [0.5, 0.6) is 0 Å². The van der Waals surface area contributed by atoms with Crippen molar-refractivity contribution in [1.82, 2.24) is 10.2 Å². The molecular formula is C19H26N2O4S. The highest BCUT2D eigenvalue weighted by molar-refractivity contribution is 7.14. The number of nitrogens with zero attached hydrogens (tertiary/aromatic N) is 1. The molecule has 142 valence electrons. The smallest absolute Gasteiger partial charge is 0.261 e. The van der Waals surface area contributed by atoms with E-state index in [2.05, 4.69) is 11.4 Å². The molecule has 0 aromatic carbocycles. The molecule has 7 heteroatoms. The second-order valence-electron chi connectivity index (χ2n) is 7.32. The van der Waals surface area contributed by atoms with E-state index in [9.17, 15) is 9.59 Å². The van der Waals surface area contributed by atoms with Gasteiger partial charge in [0.1, 0.15) is 12.2 Å². The molecule has 1 spiro atoms. The van der Waals surface area contributed by atoms with Gasteiger partial charge in [-0.3, -0.25) is 9.59 Å². The molecule has 0 bridgehead atoms. The predicted octanol–water partition coefficient (Wildman–Crippen LogP) is 2.07. The lowest BCUT2D eigenvalue weighted by Gasteiger charge is -2.43. The van der Waals surface area contributed by atoms with Crippen LogP contribution in [0.25, 0.3) is 0 Å². The average molecular weight is 378 g/mol. The zero-order valence-electron chi connectivity index (χ0n) is 15.2. The highest BCUT2D eigenvalue weighted by Crippen LogP contribution is 2.45. The fraction of sp³-hybridized carbons (Fsp3) is 0.684. The Kier molecular flexibility index (Phi) is 5.03. The first-order valence-electron chi connectivity index (χ1n) is 9.55. The standard InChI is InChI=1S/C19H26N2O4S/c1-2-24-12-16(22)21-8-6-19(7-9-21)17-13(5-10-25-19)11-15(26-17)18(23)20-14-3-4-14/h11,14H,2-10,12H2,1H3,(H,20,23). The Balaban J connectivity index is 1.46. The zero-order chi connectivity index (χ0) is 18.1. The molecule has 0 atom stereocenters. The van der Waals surface area contributed by atoms with Crippen molar-refractivity contribution in [1.29, 1.82) is 0 Å². The van der Waals surface area contributed by atoms with Crippen LogP contribution in [0, 0.1) is 0 Å². The summed E-state index contributed by atoms with van der Waals surface area (Å²) < 4.78 is 11.5. The largest absolute Gasteiger partial charge is 0.372 e. The van der Waals surface area contributed by atoms with Gasteiger partial charge in [0, 0.05) is 30.6 Å². The number of fused-ring (bicyclic) bond motifs is 2. The van der Waals surface area contributed by atoms with Crippen molar-refractivity contribution in [2.75, 3.05) is 32.9 Å². The average Bonchev–Trinajstić information content (AvgIpc) is 3.34. The minimum Gasteiger partial charge on any atom is -0.372 e. The molecule has 1 saturated carbocycles. The lowest BCUT2D eigenvalue weighted by Crippen LogP contribution is -2.48. The summed E-state index contributed by atoms with van der Waals surface area (Å²) in [6, 6.07) is 2.42. The fourth-order valence-electron chi connectivity index (χ4n) is 3.79. The normalized spacial score (nSPS) is 21.5. The molecule has 3 aliphatic rings. The third-order valence-electron chi connectivity index (χ3n) is 5.46. The summed E-state index contributed by atoms with van der Waals surface area (Å²) in [7, 11) is 0. The van der Waals surface area contributed by atoms with E-state index in [1.54, 1.807) is 11.3 Å². The molecule has 1 N–H and O–H groups in total. The van der Waals surface area contributed by atoms with Gasteiger partial charge in [-0.25, -0.2) is 0 Å². The van der Waals surface area contributed by atoms with Crippen molar-refractivity contribution < 1.29 is 19.1 Å². The summed E-state index contributed by atoms with van der Waals surface area (Å²) in [4.78, 5) is 28.5. The number of rotatable bonds is 5. The fourth-order valence-corrected chi connectivity index (χ4v) is 5.10. The summed E-state index contributed by atoms with van der Waals surface area (Å²) in [5, 5.41) is 3.08. The molecule has 1 aromatic heterocycles. The van der Waals surface area contributed by atoms with Gasteiger partial charge in [0.25, 0.3) is 5.91 Å². The van der Waals surface area contributed by atoms with Crippen molar-refractivity contribution in [3.05, 3.63) is 21.4 Å². The molecule has 0 unspecified atom stereocenters.